The maximum absolute atomic E-state index is 5.69. The van der Waals surface area contributed by atoms with Gasteiger partial charge < -0.3 is 10.1 Å². The topological polar surface area (TPSA) is 21.3 Å². The molecule has 0 radical (unpaired) electrons. The summed E-state index contributed by atoms with van der Waals surface area (Å²) in [6.07, 6.45) is 0.183. The smallest absolute Gasteiger partial charge is 0.0789 e. The van der Waals surface area contributed by atoms with Gasteiger partial charge in [-0.15, -0.1) is 11.3 Å². The Morgan fingerprint density at radius 3 is 2.61 bits per heavy atom. The van der Waals surface area contributed by atoms with E-state index in [4.69, 9.17) is 4.74 Å². The van der Waals surface area contributed by atoms with Crippen LogP contribution in [0.1, 0.15) is 25.5 Å². The summed E-state index contributed by atoms with van der Waals surface area (Å²) in [7, 11) is 3.80. The lowest BCUT2D eigenvalue weighted by Crippen LogP contribution is -2.34. The van der Waals surface area contributed by atoms with Crippen LogP contribution in [0.2, 0.25) is 0 Å². The fourth-order valence-electron chi connectivity index (χ4n) is 2.55. The van der Waals surface area contributed by atoms with Crippen molar-refractivity contribution >= 4 is 21.4 Å². The van der Waals surface area contributed by atoms with Gasteiger partial charge in [-0.3, -0.25) is 0 Å². The number of benzene rings is 1. The Hall–Kier alpha value is -0.900. The molecule has 3 heteroatoms. The molecule has 0 aliphatic carbocycles. The van der Waals surface area contributed by atoms with Crippen molar-refractivity contribution in [2.75, 3.05) is 14.2 Å². The quantitative estimate of drug-likeness (QED) is 0.885. The summed E-state index contributed by atoms with van der Waals surface area (Å²) in [6.45, 7) is 4.40. The van der Waals surface area contributed by atoms with E-state index < -0.39 is 0 Å². The first-order valence-corrected chi connectivity index (χ1v) is 7.23. The molecule has 0 fully saturated rings. The van der Waals surface area contributed by atoms with Crippen LogP contribution in [0.3, 0.4) is 0 Å². The van der Waals surface area contributed by atoms with Crippen molar-refractivity contribution in [3.05, 3.63) is 35.2 Å². The van der Waals surface area contributed by atoms with E-state index in [1.165, 1.54) is 15.6 Å². The zero-order valence-electron chi connectivity index (χ0n) is 11.4. The average molecular weight is 263 g/mol. The largest absolute Gasteiger partial charge is 0.379 e. The van der Waals surface area contributed by atoms with E-state index in [1.54, 1.807) is 18.4 Å². The molecule has 2 aromatic rings. The minimum atomic E-state index is 0.183. The van der Waals surface area contributed by atoms with Crippen LogP contribution in [0.5, 0.6) is 0 Å². The fraction of sp³-hybridized carbons (Fsp3) is 0.467. The van der Waals surface area contributed by atoms with Gasteiger partial charge in [-0.2, -0.15) is 0 Å². The number of hydrogen-bond donors (Lipinski definition) is 1. The van der Waals surface area contributed by atoms with Crippen LogP contribution in [-0.4, -0.2) is 20.3 Å². The van der Waals surface area contributed by atoms with Gasteiger partial charge in [-0.1, -0.05) is 32.0 Å². The Labute approximate surface area is 113 Å². The molecule has 1 heterocycles. The van der Waals surface area contributed by atoms with Gasteiger partial charge in [-0.05, 0) is 35.4 Å². The number of nitrogens with one attached hydrogen (secondary N) is 1. The van der Waals surface area contributed by atoms with Crippen molar-refractivity contribution < 1.29 is 4.74 Å². The molecule has 1 aromatic carbocycles. The Morgan fingerprint density at radius 1 is 1.22 bits per heavy atom. The summed E-state index contributed by atoms with van der Waals surface area (Å²) in [5.41, 5.74) is 1.34. The van der Waals surface area contributed by atoms with Gasteiger partial charge in [-0.25, -0.2) is 0 Å². The van der Waals surface area contributed by atoms with Crippen LogP contribution in [0.15, 0.2) is 29.6 Å². The predicted molar refractivity (Wildman–Crippen MR) is 79.3 cm³/mol. The fourth-order valence-corrected chi connectivity index (χ4v) is 3.50. The van der Waals surface area contributed by atoms with Crippen LogP contribution < -0.4 is 5.32 Å². The molecule has 1 aromatic heterocycles. The highest BCUT2D eigenvalue weighted by molar-refractivity contribution is 7.17. The van der Waals surface area contributed by atoms with E-state index in [1.807, 2.05) is 7.05 Å². The van der Waals surface area contributed by atoms with E-state index in [0.29, 0.717) is 5.92 Å². The zero-order chi connectivity index (χ0) is 13.1. The highest BCUT2D eigenvalue weighted by Crippen LogP contribution is 2.32. The summed E-state index contributed by atoms with van der Waals surface area (Å²) in [5, 5.41) is 6.88. The monoisotopic (exact) mass is 263 g/mol. The second-order valence-corrected chi connectivity index (χ2v) is 5.81. The summed E-state index contributed by atoms with van der Waals surface area (Å²) < 4.78 is 7.05. The number of methoxy groups -OCH3 is 1. The lowest BCUT2D eigenvalue weighted by Gasteiger charge is -2.29. The average Bonchev–Trinajstić information content (AvgIpc) is 2.83. The third kappa shape index (κ3) is 2.44. The molecule has 0 saturated carbocycles. The molecule has 2 nitrogen and oxygen atoms in total. The Kier molecular flexibility index (Phi) is 4.38. The molecule has 18 heavy (non-hydrogen) atoms. The molecule has 2 unspecified atom stereocenters. The molecular formula is C15H21NOS. The Morgan fingerprint density at radius 2 is 2.00 bits per heavy atom. The first-order valence-electron chi connectivity index (χ1n) is 6.35. The molecule has 1 N–H and O–H groups in total. The molecule has 0 spiro atoms. The predicted octanol–water partition coefficient (Wildman–Crippen LogP) is 3.83. The number of likely N-dealkylation sites (N-methyl/N-ethyl adjacent to an activating group) is 1. The van der Waals surface area contributed by atoms with Gasteiger partial charge in [0.15, 0.2) is 0 Å². The van der Waals surface area contributed by atoms with Crippen LogP contribution >= 0.6 is 11.3 Å². The molecule has 0 amide bonds. The molecule has 2 atom stereocenters. The third-order valence-corrected chi connectivity index (χ3v) is 4.39. The van der Waals surface area contributed by atoms with Crippen molar-refractivity contribution in [2.24, 2.45) is 5.92 Å². The Balaban J connectivity index is 2.46. The third-order valence-electron chi connectivity index (χ3n) is 3.41. The number of thiophene rings is 1. The zero-order valence-corrected chi connectivity index (χ0v) is 12.3. The first-order chi connectivity index (χ1) is 8.69. The SMILES string of the molecule is CNC(c1cccc2ccsc12)C(OC)C(C)C. The standard InChI is InChI=1S/C15H21NOS/c1-10(2)14(17-4)13(16-3)12-7-5-6-11-8-9-18-15(11)12/h5-10,13-14,16H,1-4H3. The summed E-state index contributed by atoms with van der Waals surface area (Å²) in [4.78, 5) is 0. The summed E-state index contributed by atoms with van der Waals surface area (Å²) >= 11 is 1.80. The van der Waals surface area contributed by atoms with Crippen LogP contribution in [0.4, 0.5) is 0 Å². The molecule has 0 aliphatic heterocycles. The highest BCUT2D eigenvalue weighted by atomic mass is 32.1. The maximum Gasteiger partial charge on any atom is 0.0789 e. The van der Waals surface area contributed by atoms with Gasteiger partial charge in [0.25, 0.3) is 0 Å². The number of ether oxygens (including phenoxy) is 1. The van der Waals surface area contributed by atoms with Crippen molar-refractivity contribution in [3.63, 3.8) is 0 Å². The van der Waals surface area contributed by atoms with E-state index in [2.05, 4.69) is 48.8 Å². The van der Waals surface area contributed by atoms with E-state index >= 15 is 0 Å². The Bertz CT molecular complexity index is 506. The molecule has 2 rings (SSSR count). The summed E-state index contributed by atoms with van der Waals surface area (Å²) in [6, 6.07) is 8.90. The van der Waals surface area contributed by atoms with Crippen molar-refractivity contribution in [2.45, 2.75) is 26.0 Å². The van der Waals surface area contributed by atoms with Gasteiger partial charge in [0.05, 0.1) is 12.1 Å². The molecule has 98 valence electrons. The van der Waals surface area contributed by atoms with Gasteiger partial charge in [0.1, 0.15) is 0 Å². The van der Waals surface area contributed by atoms with Crippen LogP contribution in [-0.2, 0) is 4.74 Å². The lowest BCUT2D eigenvalue weighted by atomic mass is 9.93. The van der Waals surface area contributed by atoms with Crippen LogP contribution in [0, 0.1) is 5.92 Å². The molecule has 0 bridgehead atoms. The summed E-state index contributed by atoms with van der Waals surface area (Å²) in [5.74, 6) is 0.475. The number of fused-ring (bicyclic) bond motifs is 1. The number of rotatable bonds is 5. The number of hydrogen-bond acceptors (Lipinski definition) is 3. The minimum absolute atomic E-state index is 0.183. The van der Waals surface area contributed by atoms with Crippen molar-refractivity contribution in [1.82, 2.24) is 5.32 Å². The second-order valence-electron chi connectivity index (χ2n) is 4.90. The van der Waals surface area contributed by atoms with E-state index in [-0.39, 0.29) is 12.1 Å². The van der Waals surface area contributed by atoms with Crippen LogP contribution in [0.25, 0.3) is 10.1 Å². The van der Waals surface area contributed by atoms with Gasteiger partial charge in [0, 0.05) is 11.8 Å². The first kappa shape index (κ1) is 13.5. The van der Waals surface area contributed by atoms with Gasteiger partial charge >= 0.3 is 0 Å². The van der Waals surface area contributed by atoms with Gasteiger partial charge in [0.2, 0.25) is 0 Å². The van der Waals surface area contributed by atoms with Crippen molar-refractivity contribution in [1.29, 1.82) is 0 Å². The second kappa shape index (κ2) is 5.83. The minimum Gasteiger partial charge on any atom is -0.379 e. The normalized spacial score (nSPS) is 15.2. The van der Waals surface area contributed by atoms with Crippen molar-refractivity contribution in [3.8, 4) is 0 Å². The molecular weight excluding hydrogens is 242 g/mol. The molecule has 0 aliphatic rings. The highest BCUT2D eigenvalue weighted by Gasteiger charge is 2.26. The van der Waals surface area contributed by atoms with E-state index in [0.717, 1.165) is 0 Å². The maximum atomic E-state index is 5.69. The lowest BCUT2D eigenvalue weighted by molar-refractivity contribution is 0.0353. The molecule has 0 saturated heterocycles. The van der Waals surface area contributed by atoms with E-state index in [9.17, 15) is 0 Å².